The fourth-order valence-electron chi connectivity index (χ4n) is 4.44. The van der Waals surface area contributed by atoms with Crippen LogP contribution in [0.25, 0.3) is 0 Å². The number of anilines is 1. The molecule has 2 aromatic carbocycles. The molecule has 4 rings (SSSR count). The highest BCUT2D eigenvalue weighted by atomic mass is 16.5. The van der Waals surface area contributed by atoms with Gasteiger partial charge in [0.1, 0.15) is 5.75 Å². The van der Waals surface area contributed by atoms with E-state index < -0.39 is 0 Å². The van der Waals surface area contributed by atoms with Gasteiger partial charge in [-0.25, -0.2) is 0 Å². The Balaban J connectivity index is 1.33. The van der Waals surface area contributed by atoms with Crippen molar-refractivity contribution in [3.63, 3.8) is 0 Å². The maximum Gasteiger partial charge on any atom is 0.251 e. The minimum Gasteiger partial charge on any atom is -0.494 e. The number of nitrogens with zero attached hydrogens (tertiary/aromatic N) is 2. The van der Waals surface area contributed by atoms with E-state index in [1.165, 1.54) is 0 Å². The standard InChI is InChI=1S/C25H29N3O4/c1-2-32-21-13-9-18(10-14-21)22-5-3-16-28(22)24(30)17-26-25(31)19-7-11-20(12-8-19)27-15-4-6-23(27)29/h7-14,22H,2-6,15-17H2,1H3,(H,26,31)/t22-/m1/s1. The van der Waals surface area contributed by atoms with Gasteiger partial charge in [-0.05, 0) is 68.1 Å². The summed E-state index contributed by atoms with van der Waals surface area (Å²) in [6.45, 7) is 3.92. The maximum atomic E-state index is 12.8. The molecule has 0 aliphatic carbocycles. The number of likely N-dealkylation sites (tertiary alicyclic amines) is 1. The highest BCUT2D eigenvalue weighted by molar-refractivity contribution is 5.98. The number of amides is 3. The SMILES string of the molecule is CCOc1ccc([C@H]2CCCN2C(=O)CNC(=O)c2ccc(N3CCCC3=O)cc2)cc1. The molecule has 1 atom stereocenters. The Kier molecular flexibility index (Phi) is 6.73. The molecular formula is C25H29N3O4. The van der Waals surface area contributed by atoms with Crippen LogP contribution in [-0.2, 0) is 9.59 Å². The molecule has 0 saturated carbocycles. The lowest BCUT2D eigenvalue weighted by Gasteiger charge is -2.25. The first-order chi connectivity index (χ1) is 15.6. The van der Waals surface area contributed by atoms with Gasteiger partial charge in [0.05, 0.1) is 19.2 Å². The average Bonchev–Trinajstić information content (AvgIpc) is 3.47. The lowest BCUT2D eigenvalue weighted by molar-refractivity contribution is -0.131. The van der Waals surface area contributed by atoms with Crippen LogP contribution < -0.4 is 15.0 Å². The molecule has 3 amide bonds. The number of ether oxygens (including phenoxy) is 1. The Bertz CT molecular complexity index is 972. The summed E-state index contributed by atoms with van der Waals surface area (Å²) >= 11 is 0. The van der Waals surface area contributed by atoms with E-state index in [-0.39, 0.29) is 30.3 Å². The van der Waals surface area contributed by atoms with Crippen LogP contribution in [0, 0.1) is 0 Å². The number of rotatable bonds is 7. The van der Waals surface area contributed by atoms with E-state index >= 15 is 0 Å². The molecule has 7 nitrogen and oxygen atoms in total. The van der Waals surface area contributed by atoms with Gasteiger partial charge in [0, 0.05) is 30.8 Å². The fraction of sp³-hybridized carbons (Fsp3) is 0.400. The third kappa shape index (κ3) is 4.77. The molecule has 32 heavy (non-hydrogen) atoms. The summed E-state index contributed by atoms with van der Waals surface area (Å²) in [5.74, 6) is 0.545. The molecule has 2 heterocycles. The van der Waals surface area contributed by atoms with E-state index in [9.17, 15) is 14.4 Å². The maximum absolute atomic E-state index is 12.8. The zero-order chi connectivity index (χ0) is 22.5. The molecule has 2 fully saturated rings. The van der Waals surface area contributed by atoms with Crippen LogP contribution in [0.4, 0.5) is 5.69 Å². The number of hydrogen-bond donors (Lipinski definition) is 1. The number of carbonyl (C=O) groups excluding carboxylic acids is 3. The molecule has 0 bridgehead atoms. The first-order valence-corrected chi connectivity index (χ1v) is 11.3. The third-order valence-corrected chi connectivity index (χ3v) is 6.06. The van der Waals surface area contributed by atoms with Crippen molar-refractivity contribution in [3.8, 4) is 5.75 Å². The van der Waals surface area contributed by atoms with E-state index in [2.05, 4.69) is 5.32 Å². The molecule has 2 saturated heterocycles. The molecule has 2 aromatic rings. The second-order valence-electron chi connectivity index (χ2n) is 8.13. The van der Waals surface area contributed by atoms with Gasteiger partial charge in [0.15, 0.2) is 0 Å². The van der Waals surface area contributed by atoms with E-state index in [1.54, 1.807) is 29.2 Å². The minimum atomic E-state index is -0.297. The highest BCUT2D eigenvalue weighted by Crippen LogP contribution is 2.32. The van der Waals surface area contributed by atoms with Crippen molar-refractivity contribution >= 4 is 23.4 Å². The molecule has 0 unspecified atom stereocenters. The summed E-state index contributed by atoms with van der Waals surface area (Å²) in [5.41, 5.74) is 2.35. The predicted molar refractivity (Wildman–Crippen MR) is 122 cm³/mol. The lowest BCUT2D eigenvalue weighted by atomic mass is 10.0. The molecule has 168 valence electrons. The van der Waals surface area contributed by atoms with Gasteiger partial charge < -0.3 is 19.9 Å². The van der Waals surface area contributed by atoms with Crippen molar-refractivity contribution in [2.75, 3.05) is 31.1 Å². The molecule has 7 heteroatoms. The monoisotopic (exact) mass is 435 g/mol. The van der Waals surface area contributed by atoms with Gasteiger partial charge in [0.25, 0.3) is 5.91 Å². The molecule has 0 radical (unpaired) electrons. The smallest absolute Gasteiger partial charge is 0.251 e. The molecule has 2 aliphatic heterocycles. The lowest BCUT2D eigenvalue weighted by Crippen LogP contribution is -2.39. The van der Waals surface area contributed by atoms with Crippen molar-refractivity contribution in [2.24, 2.45) is 0 Å². The summed E-state index contributed by atoms with van der Waals surface area (Å²) < 4.78 is 5.50. The Morgan fingerprint density at radius 3 is 2.44 bits per heavy atom. The van der Waals surface area contributed by atoms with Crippen LogP contribution in [0.5, 0.6) is 5.75 Å². The molecule has 0 aromatic heterocycles. The number of hydrogen-bond acceptors (Lipinski definition) is 4. The van der Waals surface area contributed by atoms with Gasteiger partial charge in [-0.1, -0.05) is 12.1 Å². The third-order valence-electron chi connectivity index (χ3n) is 6.06. The van der Waals surface area contributed by atoms with E-state index in [0.717, 1.165) is 36.3 Å². The van der Waals surface area contributed by atoms with Crippen molar-refractivity contribution in [1.82, 2.24) is 10.2 Å². The van der Waals surface area contributed by atoms with Crippen molar-refractivity contribution in [1.29, 1.82) is 0 Å². The van der Waals surface area contributed by atoms with Crippen LogP contribution in [0.2, 0.25) is 0 Å². The summed E-state index contributed by atoms with van der Waals surface area (Å²) in [5, 5.41) is 2.74. The van der Waals surface area contributed by atoms with Gasteiger partial charge in [-0.2, -0.15) is 0 Å². The van der Waals surface area contributed by atoms with Crippen LogP contribution in [0.1, 0.15) is 54.6 Å². The quantitative estimate of drug-likeness (QED) is 0.724. The van der Waals surface area contributed by atoms with Gasteiger partial charge in [0.2, 0.25) is 11.8 Å². The normalized spacial score (nSPS) is 18.2. The Morgan fingerprint density at radius 2 is 1.78 bits per heavy atom. The predicted octanol–water partition coefficient (Wildman–Crippen LogP) is 3.31. The average molecular weight is 436 g/mol. The van der Waals surface area contributed by atoms with Crippen LogP contribution in [-0.4, -0.2) is 48.9 Å². The summed E-state index contributed by atoms with van der Waals surface area (Å²) in [7, 11) is 0. The van der Waals surface area contributed by atoms with Gasteiger partial charge in [-0.15, -0.1) is 0 Å². The minimum absolute atomic E-state index is 0.0207. The van der Waals surface area contributed by atoms with Crippen LogP contribution in [0.3, 0.4) is 0 Å². The van der Waals surface area contributed by atoms with Crippen molar-refractivity contribution in [3.05, 3.63) is 59.7 Å². The zero-order valence-electron chi connectivity index (χ0n) is 18.4. The highest BCUT2D eigenvalue weighted by Gasteiger charge is 2.30. The Hall–Kier alpha value is -3.35. The Labute approximate surface area is 188 Å². The summed E-state index contributed by atoms with van der Waals surface area (Å²) in [6.07, 6.45) is 3.27. The molecular weight excluding hydrogens is 406 g/mol. The first-order valence-electron chi connectivity index (χ1n) is 11.3. The zero-order valence-corrected chi connectivity index (χ0v) is 18.4. The van der Waals surface area contributed by atoms with Crippen molar-refractivity contribution < 1.29 is 19.1 Å². The summed E-state index contributed by atoms with van der Waals surface area (Å²) in [6, 6.07) is 14.8. The fourth-order valence-corrected chi connectivity index (χ4v) is 4.44. The topological polar surface area (TPSA) is 79.0 Å². The number of benzene rings is 2. The number of carbonyl (C=O) groups is 3. The number of nitrogens with one attached hydrogen (secondary N) is 1. The van der Waals surface area contributed by atoms with Crippen LogP contribution >= 0.6 is 0 Å². The van der Waals surface area contributed by atoms with E-state index in [4.69, 9.17) is 4.74 Å². The second-order valence-corrected chi connectivity index (χ2v) is 8.13. The summed E-state index contributed by atoms with van der Waals surface area (Å²) in [4.78, 5) is 40.8. The molecule has 2 aliphatic rings. The first kappa shape index (κ1) is 21.9. The Morgan fingerprint density at radius 1 is 1.03 bits per heavy atom. The van der Waals surface area contributed by atoms with Gasteiger partial charge >= 0.3 is 0 Å². The molecule has 0 spiro atoms. The molecule has 1 N–H and O–H groups in total. The van der Waals surface area contributed by atoms with Crippen molar-refractivity contribution in [2.45, 2.75) is 38.6 Å². The largest absolute Gasteiger partial charge is 0.494 e. The van der Waals surface area contributed by atoms with Crippen LogP contribution in [0.15, 0.2) is 48.5 Å². The van der Waals surface area contributed by atoms with Gasteiger partial charge in [-0.3, -0.25) is 14.4 Å². The van der Waals surface area contributed by atoms with E-state index in [0.29, 0.717) is 31.7 Å². The second kappa shape index (κ2) is 9.85. The van der Waals surface area contributed by atoms with E-state index in [1.807, 2.05) is 36.1 Å².